The average Bonchev–Trinajstić information content (AvgIpc) is 3.47. The summed E-state index contributed by atoms with van der Waals surface area (Å²) in [5.41, 5.74) is 0.310. The molecule has 3 aromatic rings. The first-order chi connectivity index (χ1) is 22.5. The summed E-state index contributed by atoms with van der Waals surface area (Å²) >= 11 is 0. The van der Waals surface area contributed by atoms with Crippen molar-refractivity contribution in [1.82, 2.24) is 0 Å². The Morgan fingerprint density at radius 2 is 1.30 bits per heavy atom. The largest absolute Gasteiger partial charge is 0.508 e. The van der Waals surface area contributed by atoms with E-state index >= 15 is 0 Å². The maximum absolute atomic E-state index is 14.3. The maximum atomic E-state index is 14.3. The summed E-state index contributed by atoms with van der Waals surface area (Å²) in [5, 5.41) is 34.1. The number of amides is 4. The molecule has 0 unspecified atom stereocenters. The van der Waals surface area contributed by atoms with Crippen LogP contribution in [-0.2, 0) is 19.2 Å². The molecular formula is C33H26N4O10. The van der Waals surface area contributed by atoms with Gasteiger partial charge >= 0.3 is 0 Å². The van der Waals surface area contributed by atoms with Crippen LogP contribution in [0.15, 0.2) is 78.4 Å². The molecule has 2 aliphatic carbocycles. The third-order valence-electron chi connectivity index (χ3n) is 9.82. The minimum Gasteiger partial charge on any atom is -0.508 e. The van der Waals surface area contributed by atoms with Crippen LogP contribution in [0.4, 0.5) is 22.7 Å². The Kier molecular flexibility index (Phi) is 6.88. The Balaban J connectivity index is 1.35. The highest BCUT2D eigenvalue weighted by atomic mass is 16.6. The first-order valence-corrected chi connectivity index (χ1v) is 14.8. The number of anilines is 2. The second-order valence-electron chi connectivity index (χ2n) is 12.0. The van der Waals surface area contributed by atoms with Gasteiger partial charge in [0.1, 0.15) is 11.5 Å². The number of rotatable bonds is 6. The van der Waals surface area contributed by atoms with Gasteiger partial charge in [-0.05, 0) is 43.0 Å². The van der Waals surface area contributed by atoms with E-state index in [1.807, 2.05) is 0 Å². The number of aromatic hydroxyl groups is 1. The first-order valence-electron chi connectivity index (χ1n) is 14.8. The van der Waals surface area contributed by atoms with E-state index in [9.17, 15) is 44.5 Å². The maximum Gasteiger partial charge on any atom is 0.271 e. The van der Waals surface area contributed by atoms with Gasteiger partial charge in [0.2, 0.25) is 23.6 Å². The van der Waals surface area contributed by atoms with Gasteiger partial charge in [-0.2, -0.15) is 0 Å². The van der Waals surface area contributed by atoms with Crippen molar-refractivity contribution < 1.29 is 38.9 Å². The fourth-order valence-electron chi connectivity index (χ4n) is 7.93. The molecule has 14 nitrogen and oxygen atoms in total. The number of methoxy groups -OCH3 is 1. The summed E-state index contributed by atoms with van der Waals surface area (Å²) < 4.78 is 5.60. The Morgan fingerprint density at radius 1 is 0.745 bits per heavy atom. The number of hydrogen-bond acceptors (Lipinski definition) is 10. The van der Waals surface area contributed by atoms with Crippen molar-refractivity contribution in [2.24, 2.45) is 29.6 Å². The highest BCUT2D eigenvalue weighted by molar-refractivity contribution is 6.24. The highest BCUT2D eigenvalue weighted by Gasteiger charge is 2.63. The molecule has 7 rings (SSSR count). The number of nitro groups is 2. The number of hydrogen-bond donors (Lipinski definition) is 1. The van der Waals surface area contributed by atoms with E-state index in [2.05, 4.69) is 0 Å². The molecule has 14 heteroatoms. The molecule has 1 N–H and O–H groups in total. The van der Waals surface area contributed by atoms with E-state index in [-0.39, 0.29) is 52.7 Å². The van der Waals surface area contributed by atoms with E-state index < -0.39 is 69.0 Å². The Labute approximate surface area is 266 Å². The number of imide groups is 2. The second kappa shape index (κ2) is 10.9. The van der Waals surface area contributed by atoms with Gasteiger partial charge in [-0.15, -0.1) is 0 Å². The van der Waals surface area contributed by atoms with Crippen LogP contribution < -0.4 is 14.5 Å². The lowest BCUT2D eigenvalue weighted by Gasteiger charge is -2.44. The minimum absolute atomic E-state index is 0.0157. The SMILES string of the molecule is COc1cccc(O)c1[C@H]1C2=CC[C@@H]3C(=O)N(c4cccc([N+](=O)[O-])c4)C(=O)[C@@H]3[C@@H]2C[C@H]2C(=O)N(c3cccc([N+](=O)[O-])c3)C(=O)[C@@H]12. The van der Waals surface area contributed by atoms with Crippen molar-refractivity contribution in [3.05, 3.63) is 104 Å². The molecule has 1 saturated carbocycles. The zero-order valence-corrected chi connectivity index (χ0v) is 24.7. The first kappa shape index (κ1) is 29.8. The monoisotopic (exact) mass is 638 g/mol. The van der Waals surface area contributed by atoms with E-state index in [1.165, 1.54) is 49.6 Å². The average molecular weight is 639 g/mol. The number of ether oxygens (including phenoxy) is 1. The molecule has 47 heavy (non-hydrogen) atoms. The van der Waals surface area contributed by atoms with Crippen LogP contribution in [0.1, 0.15) is 24.3 Å². The lowest BCUT2D eigenvalue weighted by molar-refractivity contribution is -0.385. The van der Waals surface area contributed by atoms with Gasteiger partial charge in [0.05, 0.1) is 52.0 Å². The zero-order chi connectivity index (χ0) is 33.3. The number of nitrogens with zero attached hydrogens (tertiary/aromatic N) is 4. The van der Waals surface area contributed by atoms with Crippen LogP contribution in [0, 0.1) is 49.8 Å². The molecule has 238 valence electrons. The number of phenols is 1. The zero-order valence-electron chi connectivity index (χ0n) is 24.7. The van der Waals surface area contributed by atoms with Gasteiger partial charge in [-0.25, -0.2) is 9.80 Å². The summed E-state index contributed by atoms with van der Waals surface area (Å²) in [5.74, 6) is -7.77. The molecule has 6 atom stereocenters. The Bertz CT molecular complexity index is 1960. The van der Waals surface area contributed by atoms with Crippen molar-refractivity contribution in [2.75, 3.05) is 16.9 Å². The summed E-state index contributed by atoms with van der Waals surface area (Å²) in [6.07, 6.45) is 1.92. The van der Waals surface area contributed by atoms with Crippen molar-refractivity contribution >= 4 is 46.4 Å². The van der Waals surface area contributed by atoms with Gasteiger partial charge in [0.15, 0.2) is 0 Å². The van der Waals surface area contributed by atoms with Crippen LogP contribution >= 0.6 is 0 Å². The predicted octanol–water partition coefficient (Wildman–Crippen LogP) is 4.26. The molecule has 2 heterocycles. The normalized spacial score (nSPS) is 26.4. The number of fused-ring (bicyclic) bond motifs is 4. The quantitative estimate of drug-likeness (QED) is 0.177. The topological polar surface area (TPSA) is 190 Å². The van der Waals surface area contributed by atoms with E-state index in [0.717, 1.165) is 21.9 Å². The Hall–Kier alpha value is -5.92. The molecular weight excluding hydrogens is 612 g/mol. The number of allylic oxidation sites excluding steroid dienone is 2. The van der Waals surface area contributed by atoms with Crippen molar-refractivity contribution in [2.45, 2.75) is 18.8 Å². The number of carbonyl (C=O) groups is 4. The molecule has 3 fully saturated rings. The van der Waals surface area contributed by atoms with Crippen molar-refractivity contribution in [3.63, 3.8) is 0 Å². The second-order valence-corrected chi connectivity index (χ2v) is 12.0. The van der Waals surface area contributed by atoms with Gasteiger partial charge in [-0.3, -0.25) is 39.4 Å². The van der Waals surface area contributed by atoms with E-state index in [0.29, 0.717) is 5.57 Å². The molecule has 2 saturated heterocycles. The lowest BCUT2D eigenvalue weighted by atomic mass is 9.57. The van der Waals surface area contributed by atoms with Crippen molar-refractivity contribution in [3.8, 4) is 11.5 Å². The molecule has 0 spiro atoms. The van der Waals surface area contributed by atoms with Crippen LogP contribution in [0.25, 0.3) is 0 Å². The van der Waals surface area contributed by atoms with Gasteiger partial charge in [-0.1, -0.05) is 29.8 Å². The fourth-order valence-corrected chi connectivity index (χ4v) is 7.93. The summed E-state index contributed by atoms with van der Waals surface area (Å²) in [7, 11) is 1.40. The van der Waals surface area contributed by atoms with Crippen molar-refractivity contribution in [1.29, 1.82) is 0 Å². The number of non-ortho nitro benzene ring substituents is 2. The summed E-state index contributed by atoms with van der Waals surface area (Å²) in [4.78, 5) is 79.9. The standard InChI is InChI=1S/C33H26N4O10/c1-47-25-10-4-9-24(38)29(25)27-20-11-12-21-26(32(41)34(30(21)39)16-5-2-7-18(13-16)36(43)44)22(20)15-23-28(27)33(42)35(31(23)40)17-6-3-8-19(14-17)37(45)46/h2-11,13-14,21-23,26-28,38H,12,15H2,1H3/t21-,22+,23+,26-,27-,28+/m0/s1. The molecule has 4 amide bonds. The van der Waals surface area contributed by atoms with Crippen LogP contribution in [0.5, 0.6) is 11.5 Å². The molecule has 0 bridgehead atoms. The molecule has 2 aliphatic heterocycles. The highest BCUT2D eigenvalue weighted by Crippen LogP contribution is 2.60. The van der Waals surface area contributed by atoms with E-state index in [4.69, 9.17) is 4.74 Å². The Morgan fingerprint density at radius 3 is 1.87 bits per heavy atom. The third kappa shape index (κ3) is 4.39. The third-order valence-corrected chi connectivity index (χ3v) is 9.82. The van der Waals surface area contributed by atoms with Crippen LogP contribution in [0.3, 0.4) is 0 Å². The predicted molar refractivity (Wildman–Crippen MR) is 163 cm³/mol. The number of nitro benzene ring substituents is 2. The summed E-state index contributed by atoms with van der Waals surface area (Å²) in [6, 6.07) is 15.0. The molecule has 0 radical (unpaired) electrons. The van der Waals surface area contributed by atoms with Crippen LogP contribution in [0.2, 0.25) is 0 Å². The number of benzene rings is 3. The number of phenolic OH excluding ortho intramolecular Hbond substituents is 1. The minimum atomic E-state index is -1.05. The van der Waals surface area contributed by atoms with Gasteiger partial charge in [0.25, 0.3) is 11.4 Å². The summed E-state index contributed by atoms with van der Waals surface area (Å²) in [6.45, 7) is 0. The van der Waals surface area contributed by atoms with Crippen LogP contribution in [-0.4, -0.2) is 45.7 Å². The number of carbonyl (C=O) groups excluding carboxylic acids is 4. The molecule has 4 aliphatic rings. The molecule has 0 aromatic heterocycles. The van der Waals surface area contributed by atoms with E-state index in [1.54, 1.807) is 18.2 Å². The van der Waals surface area contributed by atoms with Gasteiger partial charge in [0, 0.05) is 35.7 Å². The fraction of sp³-hybridized carbons (Fsp3) is 0.273. The lowest BCUT2D eigenvalue weighted by Crippen LogP contribution is -2.43. The smallest absolute Gasteiger partial charge is 0.271 e. The van der Waals surface area contributed by atoms with Gasteiger partial charge < -0.3 is 9.84 Å². The molecule has 3 aromatic carbocycles.